The van der Waals surface area contributed by atoms with Crippen LogP contribution >= 0.6 is 11.8 Å². The van der Waals surface area contributed by atoms with Crippen LogP contribution in [0.15, 0.2) is 0 Å². The number of rotatable bonds is 1. The molecule has 0 aromatic heterocycles. The minimum absolute atomic E-state index is 0.289. The van der Waals surface area contributed by atoms with E-state index in [1.54, 1.807) is 0 Å². The van der Waals surface area contributed by atoms with Crippen molar-refractivity contribution in [2.24, 2.45) is 0 Å². The molecule has 0 radical (unpaired) electrons. The van der Waals surface area contributed by atoms with Gasteiger partial charge in [0.15, 0.2) is 0 Å². The Labute approximate surface area is 105 Å². The molecule has 2 aliphatic heterocycles. The van der Waals surface area contributed by atoms with Gasteiger partial charge in [-0.3, -0.25) is 4.90 Å². The summed E-state index contributed by atoms with van der Waals surface area (Å²) in [5, 5.41) is 3.77. The van der Waals surface area contributed by atoms with E-state index in [1.807, 2.05) is 0 Å². The average molecular weight is 242 g/mol. The highest BCUT2D eigenvalue weighted by Gasteiger charge is 2.39. The van der Waals surface area contributed by atoms with Gasteiger partial charge in [-0.05, 0) is 40.5 Å². The minimum atomic E-state index is 0.289. The monoisotopic (exact) mass is 242 g/mol. The van der Waals surface area contributed by atoms with Crippen molar-refractivity contribution in [3.05, 3.63) is 0 Å². The molecule has 0 spiro atoms. The Morgan fingerprint density at radius 1 is 1.00 bits per heavy atom. The first kappa shape index (κ1) is 12.7. The van der Waals surface area contributed by atoms with Crippen LogP contribution in [-0.4, -0.2) is 46.6 Å². The number of piperidine rings is 1. The first-order chi connectivity index (χ1) is 7.38. The van der Waals surface area contributed by atoms with Crippen LogP contribution in [0.25, 0.3) is 0 Å². The zero-order chi connectivity index (χ0) is 11.8. The van der Waals surface area contributed by atoms with Crippen LogP contribution in [0, 0.1) is 0 Å². The van der Waals surface area contributed by atoms with Gasteiger partial charge in [-0.25, -0.2) is 0 Å². The molecule has 0 unspecified atom stereocenters. The lowest BCUT2D eigenvalue weighted by Gasteiger charge is -2.50. The van der Waals surface area contributed by atoms with Crippen LogP contribution in [0.2, 0.25) is 0 Å². The highest BCUT2D eigenvalue weighted by molar-refractivity contribution is 7.99. The van der Waals surface area contributed by atoms with Crippen LogP contribution in [0.5, 0.6) is 0 Å². The van der Waals surface area contributed by atoms with Gasteiger partial charge in [-0.2, -0.15) is 11.8 Å². The molecule has 2 fully saturated rings. The SMILES string of the molecule is CC1(C)CC(N2CCSCC2)CC(C)(C)N1. The van der Waals surface area contributed by atoms with Crippen LogP contribution in [-0.2, 0) is 0 Å². The normalized spacial score (nSPS) is 31.5. The summed E-state index contributed by atoms with van der Waals surface area (Å²) in [5.41, 5.74) is 0.577. The van der Waals surface area contributed by atoms with E-state index in [1.165, 1.54) is 37.4 Å². The lowest BCUT2D eigenvalue weighted by molar-refractivity contribution is 0.0723. The van der Waals surface area contributed by atoms with Gasteiger partial charge < -0.3 is 5.32 Å². The van der Waals surface area contributed by atoms with Gasteiger partial charge in [0.2, 0.25) is 0 Å². The molecular weight excluding hydrogens is 216 g/mol. The predicted molar refractivity (Wildman–Crippen MR) is 73.2 cm³/mol. The molecule has 0 aromatic carbocycles. The summed E-state index contributed by atoms with van der Waals surface area (Å²) in [5.74, 6) is 2.65. The van der Waals surface area contributed by atoms with Gasteiger partial charge in [-0.1, -0.05) is 0 Å². The molecule has 0 saturated carbocycles. The molecule has 0 atom stereocenters. The van der Waals surface area contributed by atoms with Crippen molar-refractivity contribution in [2.75, 3.05) is 24.6 Å². The molecule has 16 heavy (non-hydrogen) atoms. The van der Waals surface area contributed by atoms with Gasteiger partial charge in [0, 0.05) is 41.7 Å². The van der Waals surface area contributed by atoms with E-state index < -0.39 is 0 Å². The molecule has 2 saturated heterocycles. The van der Waals surface area contributed by atoms with Gasteiger partial charge in [0.25, 0.3) is 0 Å². The van der Waals surface area contributed by atoms with Crippen molar-refractivity contribution >= 4 is 11.8 Å². The Balaban J connectivity index is 2.03. The molecule has 94 valence electrons. The summed E-state index contributed by atoms with van der Waals surface area (Å²) in [4.78, 5) is 2.72. The molecule has 0 amide bonds. The van der Waals surface area contributed by atoms with Gasteiger partial charge >= 0.3 is 0 Å². The van der Waals surface area contributed by atoms with E-state index in [-0.39, 0.29) is 11.1 Å². The maximum Gasteiger partial charge on any atom is 0.0145 e. The van der Waals surface area contributed by atoms with Crippen molar-refractivity contribution in [1.29, 1.82) is 0 Å². The lowest BCUT2D eigenvalue weighted by Crippen LogP contribution is -2.62. The fourth-order valence-corrected chi connectivity index (χ4v) is 4.40. The van der Waals surface area contributed by atoms with Crippen molar-refractivity contribution in [3.63, 3.8) is 0 Å². The number of thioether (sulfide) groups is 1. The van der Waals surface area contributed by atoms with Crippen molar-refractivity contribution < 1.29 is 0 Å². The second-order valence-electron chi connectivity index (χ2n) is 6.60. The Kier molecular flexibility index (Phi) is 3.58. The predicted octanol–water partition coefficient (Wildman–Crippen LogP) is 2.34. The number of hydrogen-bond acceptors (Lipinski definition) is 3. The lowest BCUT2D eigenvalue weighted by atomic mass is 9.79. The summed E-state index contributed by atoms with van der Waals surface area (Å²) < 4.78 is 0. The molecule has 2 rings (SSSR count). The number of hydrogen-bond donors (Lipinski definition) is 1. The fourth-order valence-electron chi connectivity index (χ4n) is 3.47. The zero-order valence-corrected chi connectivity index (χ0v) is 12.0. The van der Waals surface area contributed by atoms with Crippen molar-refractivity contribution in [1.82, 2.24) is 10.2 Å². The van der Waals surface area contributed by atoms with Crippen LogP contribution in [0.3, 0.4) is 0 Å². The molecule has 1 N–H and O–H groups in total. The molecule has 0 aromatic rings. The van der Waals surface area contributed by atoms with Crippen LogP contribution in [0.4, 0.5) is 0 Å². The van der Waals surface area contributed by atoms with Crippen LogP contribution < -0.4 is 5.32 Å². The quantitative estimate of drug-likeness (QED) is 0.760. The Morgan fingerprint density at radius 3 is 2.00 bits per heavy atom. The number of nitrogens with one attached hydrogen (secondary N) is 1. The molecule has 0 bridgehead atoms. The summed E-state index contributed by atoms with van der Waals surface area (Å²) in [6.45, 7) is 12.0. The fraction of sp³-hybridized carbons (Fsp3) is 1.00. The molecule has 2 heterocycles. The third-order valence-corrected chi connectivity index (χ3v) is 4.67. The summed E-state index contributed by atoms with van der Waals surface area (Å²) in [6.07, 6.45) is 2.59. The second kappa shape index (κ2) is 4.51. The number of nitrogens with zero attached hydrogens (tertiary/aromatic N) is 1. The molecule has 3 heteroatoms. The summed E-state index contributed by atoms with van der Waals surface area (Å²) in [6, 6.07) is 0.784. The first-order valence-corrected chi connectivity index (χ1v) is 7.65. The topological polar surface area (TPSA) is 15.3 Å². The summed E-state index contributed by atoms with van der Waals surface area (Å²) >= 11 is 2.11. The first-order valence-electron chi connectivity index (χ1n) is 6.49. The zero-order valence-electron chi connectivity index (χ0n) is 11.2. The third kappa shape index (κ3) is 3.14. The van der Waals surface area contributed by atoms with E-state index in [0.29, 0.717) is 0 Å². The maximum atomic E-state index is 3.77. The Bertz CT molecular complexity index is 228. The van der Waals surface area contributed by atoms with Gasteiger partial charge in [0.1, 0.15) is 0 Å². The maximum absolute atomic E-state index is 3.77. The molecule has 2 nitrogen and oxygen atoms in total. The van der Waals surface area contributed by atoms with Crippen molar-refractivity contribution in [3.8, 4) is 0 Å². The second-order valence-corrected chi connectivity index (χ2v) is 7.83. The van der Waals surface area contributed by atoms with E-state index in [2.05, 4.69) is 49.7 Å². The van der Waals surface area contributed by atoms with E-state index in [4.69, 9.17) is 0 Å². The summed E-state index contributed by atoms with van der Waals surface area (Å²) in [7, 11) is 0. The Morgan fingerprint density at radius 2 is 1.50 bits per heavy atom. The van der Waals surface area contributed by atoms with Crippen molar-refractivity contribution in [2.45, 2.75) is 57.7 Å². The van der Waals surface area contributed by atoms with E-state index in [0.717, 1.165) is 6.04 Å². The molecule has 2 aliphatic rings. The van der Waals surface area contributed by atoms with Gasteiger partial charge in [0.05, 0.1) is 0 Å². The van der Waals surface area contributed by atoms with E-state index >= 15 is 0 Å². The average Bonchev–Trinajstić information content (AvgIpc) is 2.14. The highest BCUT2D eigenvalue weighted by atomic mass is 32.2. The van der Waals surface area contributed by atoms with Gasteiger partial charge in [-0.15, -0.1) is 0 Å². The van der Waals surface area contributed by atoms with Crippen LogP contribution in [0.1, 0.15) is 40.5 Å². The van der Waals surface area contributed by atoms with E-state index in [9.17, 15) is 0 Å². The molecule has 0 aliphatic carbocycles. The smallest absolute Gasteiger partial charge is 0.0145 e. The standard InChI is InChI=1S/C13H26N2S/c1-12(2)9-11(10-13(3,4)14-12)15-5-7-16-8-6-15/h11,14H,5-10H2,1-4H3. The third-order valence-electron chi connectivity index (χ3n) is 3.73. The highest BCUT2D eigenvalue weighted by Crippen LogP contribution is 2.32. The Hall–Kier alpha value is 0.270. The largest absolute Gasteiger partial charge is 0.307 e. The minimum Gasteiger partial charge on any atom is -0.307 e. The molecular formula is C13H26N2S.